The van der Waals surface area contributed by atoms with Crippen molar-refractivity contribution in [1.29, 1.82) is 0 Å². The summed E-state index contributed by atoms with van der Waals surface area (Å²) in [5, 5.41) is 0. The Labute approximate surface area is 101 Å². The minimum Gasteiger partial charge on any atom is -0.381 e. The van der Waals surface area contributed by atoms with Gasteiger partial charge >= 0.3 is 0 Å². The van der Waals surface area contributed by atoms with Crippen LogP contribution in [0.25, 0.3) is 0 Å². The van der Waals surface area contributed by atoms with Crippen molar-refractivity contribution in [3.63, 3.8) is 0 Å². The summed E-state index contributed by atoms with van der Waals surface area (Å²) in [6, 6.07) is 6.36. The van der Waals surface area contributed by atoms with Crippen LogP contribution in [0, 0.1) is 0 Å². The molecular weight excluding hydrogens is 224 g/mol. The fourth-order valence-corrected chi connectivity index (χ4v) is 3.01. The molecule has 0 amide bonds. The summed E-state index contributed by atoms with van der Waals surface area (Å²) in [5.41, 5.74) is 3.77. The van der Waals surface area contributed by atoms with Crippen LogP contribution < -0.4 is 0 Å². The predicted molar refractivity (Wildman–Crippen MR) is 62.5 cm³/mol. The van der Waals surface area contributed by atoms with Gasteiger partial charge < -0.3 is 9.47 Å². The van der Waals surface area contributed by atoms with Gasteiger partial charge in [-0.05, 0) is 16.7 Å². The van der Waals surface area contributed by atoms with E-state index in [1.54, 1.807) is 0 Å². The average Bonchev–Trinajstić information content (AvgIpc) is 2.70. The minimum atomic E-state index is -0.0876. The van der Waals surface area contributed by atoms with Gasteiger partial charge in [-0.2, -0.15) is 0 Å². The molecule has 16 heavy (non-hydrogen) atoms. The molecule has 1 saturated heterocycles. The second kappa shape index (κ2) is 4.02. The van der Waals surface area contributed by atoms with Gasteiger partial charge in [0, 0.05) is 31.9 Å². The van der Waals surface area contributed by atoms with Crippen LogP contribution in [0.2, 0.25) is 0 Å². The molecule has 0 bridgehead atoms. The van der Waals surface area contributed by atoms with Gasteiger partial charge in [0.15, 0.2) is 0 Å². The van der Waals surface area contributed by atoms with Crippen molar-refractivity contribution < 1.29 is 9.47 Å². The number of halogens is 1. The van der Waals surface area contributed by atoms with Gasteiger partial charge in [-0.3, -0.25) is 0 Å². The Kier molecular flexibility index (Phi) is 2.66. The molecule has 2 aliphatic rings. The molecule has 2 aliphatic heterocycles. The lowest BCUT2D eigenvalue weighted by molar-refractivity contribution is -0.107. The number of hydrogen-bond acceptors (Lipinski definition) is 2. The van der Waals surface area contributed by atoms with Crippen molar-refractivity contribution in [3.8, 4) is 0 Å². The van der Waals surface area contributed by atoms with Crippen LogP contribution in [0.1, 0.15) is 29.5 Å². The Morgan fingerprint density at radius 2 is 2.06 bits per heavy atom. The zero-order valence-corrected chi connectivity index (χ0v) is 9.93. The fourth-order valence-electron chi connectivity index (χ4n) is 2.76. The molecule has 3 rings (SSSR count). The summed E-state index contributed by atoms with van der Waals surface area (Å²) in [4.78, 5) is 0. The van der Waals surface area contributed by atoms with Gasteiger partial charge in [-0.15, -0.1) is 11.6 Å². The lowest BCUT2D eigenvalue weighted by atomic mass is 9.84. The van der Waals surface area contributed by atoms with E-state index >= 15 is 0 Å². The maximum Gasteiger partial charge on any atom is 0.0983 e. The summed E-state index contributed by atoms with van der Waals surface area (Å²) in [5.74, 6) is 0.569. The smallest absolute Gasteiger partial charge is 0.0983 e. The third-order valence-electron chi connectivity index (χ3n) is 3.70. The van der Waals surface area contributed by atoms with Crippen molar-refractivity contribution in [2.75, 3.05) is 13.2 Å². The summed E-state index contributed by atoms with van der Waals surface area (Å²) >= 11 is 5.96. The molecule has 1 aromatic rings. The van der Waals surface area contributed by atoms with Gasteiger partial charge in [-0.25, -0.2) is 0 Å². The summed E-state index contributed by atoms with van der Waals surface area (Å²) < 4.78 is 11.5. The van der Waals surface area contributed by atoms with E-state index in [0.717, 1.165) is 26.1 Å². The summed E-state index contributed by atoms with van der Waals surface area (Å²) in [6.45, 7) is 2.30. The highest BCUT2D eigenvalue weighted by molar-refractivity contribution is 6.17. The maximum absolute atomic E-state index is 6.06. The molecule has 2 nitrogen and oxygen atoms in total. The third-order valence-corrected chi connectivity index (χ3v) is 3.99. The molecule has 0 N–H and O–H groups in total. The van der Waals surface area contributed by atoms with Crippen molar-refractivity contribution in [3.05, 3.63) is 34.9 Å². The van der Waals surface area contributed by atoms with Crippen LogP contribution in [0.4, 0.5) is 0 Å². The lowest BCUT2D eigenvalue weighted by Gasteiger charge is -2.33. The zero-order chi connectivity index (χ0) is 11.0. The zero-order valence-electron chi connectivity index (χ0n) is 9.17. The molecule has 0 unspecified atom stereocenters. The van der Waals surface area contributed by atoms with Crippen LogP contribution in [0.15, 0.2) is 18.2 Å². The van der Waals surface area contributed by atoms with Crippen molar-refractivity contribution in [2.45, 2.75) is 30.9 Å². The number of hydrogen-bond donors (Lipinski definition) is 0. The Morgan fingerprint density at radius 3 is 2.81 bits per heavy atom. The van der Waals surface area contributed by atoms with Crippen molar-refractivity contribution in [2.24, 2.45) is 0 Å². The SMILES string of the molecule is ClCc1cccc2c1COC21CCOCC1. The number of fused-ring (bicyclic) bond motifs is 2. The average molecular weight is 239 g/mol. The highest BCUT2D eigenvalue weighted by Crippen LogP contribution is 2.44. The number of alkyl halides is 1. The number of ether oxygens (including phenoxy) is 2. The first-order valence-corrected chi connectivity index (χ1v) is 6.28. The Bertz CT molecular complexity index is 397. The molecule has 86 valence electrons. The second-order valence-electron chi connectivity index (χ2n) is 4.47. The van der Waals surface area contributed by atoms with E-state index in [9.17, 15) is 0 Å². The first-order valence-electron chi connectivity index (χ1n) is 5.75. The van der Waals surface area contributed by atoms with Crippen LogP contribution in [-0.2, 0) is 27.6 Å². The minimum absolute atomic E-state index is 0.0876. The van der Waals surface area contributed by atoms with Crippen molar-refractivity contribution in [1.82, 2.24) is 0 Å². The molecule has 0 aromatic heterocycles. The lowest BCUT2D eigenvalue weighted by Crippen LogP contribution is -2.33. The molecule has 2 heterocycles. The molecule has 0 saturated carbocycles. The molecule has 0 aliphatic carbocycles. The number of benzene rings is 1. The van der Waals surface area contributed by atoms with E-state index in [1.807, 2.05) is 0 Å². The quantitative estimate of drug-likeness (QED) is 0.701. The Balaban J connectivity index is 2.04. The van der Waals surface area contributed by atoms with Gasteiger partial charge in [-0.1, -0.05) is 18.2 Å². The fraction of sp³-hybridized carbons (Fsp3) is 0.538. The normalized spacial score (nSPS) is 22.3. The maximum atomic E-state index is 6.06. The van der Waals surface area contributed by atoms with E-state index in [1.165, 1.54) is 16.7 Å². The van der Waals surface area contributed by atoms with E-state index < -0.39 is 0 Å². The highest BCUT2D eigenvalue weighted by atomic mass is 35.5. The largest absolute Gasteiger partial charge is 0.381 e. The van der Waals surface area contributed by atoms with Crippen LogP contribution in [0.3, 0.4) is 0 Å². The van der Waals surface area contributed by atoms with Gasteiger partial charge in [0.25, 0.3) is 0 Å². The summed E-state index contributed by atoms with van der Waals surface area (Å²) in [7, 11) is 0. The molecule has 0 radical (unpaired) electrons. The molecule has 3 heteroatoms. The molecular formula is C13H15ClO2. The monoisotopic (exact) mass is 238 g/mol. The topological polar surface area (TPSA) is 18.5 Å². The second-order valence-corrected chi connectivity index (χ2v) is 4.74. The van der Waals surface area contributed by atoms with E-state index in [2.05, 4.69) is 18.2 Å². The van der Waals surface area contributed by atoms with E-state index in [-0.39, 0.29) is 5.60 Å². The first-order chi connectivity index (χ1) is 7.86. The van der Waals surface area contributed by atoms with Gasteiger partial charge in [0.1, 0.15) is 0 Å². The van der Waals surface area contributed by atoms with Crippen LogP contribution >= 0.6 is 11.6 Å². The van der Waals surface area contributed by atoms with Gasteiger partial charge in [0.2, 0.25) is 0 Å². The predicted octanol–water partition coefficient (Wildman–Crippen LogP) is 2.96. The summed E-state index contributed by atoms with van der Waals surface area (Å²) in [6.07, 6.45) is 1.93. The first kappa shape index (κ1) is 10.6. The molecule has 1 fully saturated rings. The molecule has 1 aromatic carbocycles. The molecule has 1 spiro atoms. The van der Waals surface area contributed by atoms with Gasteiger partial charge in [0.05, 0.1) is 12.2 Å². The van der Waals surface area contributed by atoms with E-state index in [4.69, 9.17) is 21.1 Å². The van der Waals surface area contributed by atoms with Crippen LogP contribution in [0.5, 0.6) is 0 Å². The Hall–Kier alpha value is -0.570. The van der Waals surface area contributed by atoms with Crippen molar-refractivity contribution >= 4 is 11.6 Å². The Morgan fingerprint density at radius 1 is 1.25 bits per heavy atom. The third kappa shape index (κ3) is 1.48. The standard InChI is InChI=1S/C13H15ClO2/c14-8-10-2-1-3-12-11(10)9-16-13(12)4-6-15-7-5-13/h1-3H,4-9H2. The highest BCUT2D eigenvalue weighted by Gasteiger charge is 2.41. The van der Waals surface area contributed by atoms with Crippen LogP contribution in [-0.4, -0.2) is 13.2 Å². The van der Waals surface area contributed by atoms with E-state index in [0.29, 0.717) is 12.5 Å². The number of rotatable bonds is 1. The molecule has 0 atom stereocenters.